The summed E-state index contributed by atoms with van der Waals surface area (Å²) in [5, 5.41) is -1.04. The van der Waals surface area contributed by atoms with Crippen LogP contribution >= 0.6 is 11.8 Å². The van der Waals surface area contributed by atoms with Crippen molar-refractivity contribution >= 4 is 50.3 Å². The lowest BCUT2D eigenvalue weighted by molar-refractivity contribution is 0.415. The second kappa shape index (κ2) is 14.3. The van der Waals surface area contributed by atoms with E-state index < -0.39 is 15.4 Å². The highest BCUT2D eigenvalue weighted by Gasteiger charge is 2.30. The van der Waals surface area contributed by atoms with Crippen molar-refractivity contribution in [3.05, 3.63) is 151 Å². The van der Waals surface area contributed by atoms with Crippen molar-refractivity contribution < 1.29 is 22.4 Å². The number of hydrogen-bond acceptors (Lipinski definition) is 7. The molecule has 0 aromatic heterocycles. The van der Waals surface area contributed by atoms with Gasteiger partial charge in [0.05, 0.1) is 25.6 Å². The van der Waals surface area contributed by atoms with Gasteiger partial charge in [-0.15, -0.1) is 0 Å². The number of fused-ring (bicyclic) bond motifs is 2. The Bertz CT molecular complexity index is 2140. The summed E-state index contributed by atoms with van der Waals surface area (Å²) in [7, 11) is -1.01. The third-order valence-corrected chi connectivity index (χ3v) is 11.3. The minimum absolute atomic E-state index is 0.215. The second-order valence-corrected chi connectivity index (χ2v) is 14.5. The molecule has 6 aromatic rings. The lowest BCUT2D eigenvalue weighted by Gasteiger charge is -2.34. The van der Waals surface area contributed by atoms with Crippen LogP contribution in [0.3, 0.4) is 0 Å². The van der Waals surface area contributed by atoms with Crippen molar-refractivity contribution in [2.24, 2.45) is 0 Å². The maximum Gasteiger partial charge on any atom is 0.272 e. The summed E-state index contributed by atoms with van der Waals surface area (Å²) < 4.78 is 46.2. The van der Waals surface area contributed by atoms with Crippen LogP contribution < -0.4 is 19.3 Å². The summed E-state index contributed by atoms with van der Waals surface area (Å²) >= 11 is 1.71. The van der Waals surface area contributed by atoms with Crippen molar-refractivity contribution in [2.75, 3.05) is 30.6 Å². The molecule has 0 bridgehead atoms. The van der Waals surface area contributed by atoms with Crippen LogP contribution in [0.2, 0.25) is 0 Å². The molecule has 0 saturated carbocycles. The van der Waals surface area contributed by atoms with Gasteiger partial charge in [0, 0.05) is 33.4 Å². The van der Waals surface area contributed by atoms with Crippen LogP contribution in [0.5, 0.6) is 11.5 Å². The van der Waals surface area contributed by atoms with Crippen LogP contribution in [0, 0.1) is 0 Å². The number of methoxy groups -OCH3 is 2. The number of benzene rings is 6. The Kier molecular flexibility index (Phi) is 9.54. The molecule has 1 atom stereocenters. The molecule has 1 aliphatic heterocycles. The Hall–Kier alpha value is -5.22. The van der Waals surface area contributed by atoms with Gasteiger partial charge >= 0.3 is 0 Å². The van der Waals surface area contributed by atoms with Gasteiger partial charge < -0.3 is 19.3 Å². The van der Waals surface area contributed by atoms with E-state index in [4.69, 9.17) is 9.47 Å². The summed E-state index contributed by atoms with van der Waals surface area (Å²) in [6.45, 7) is 0.394. The molecule has 252 valence electrons. The Morgan fingerprint density at radius 3 is 1.78 bits per heavy atom. The van der Waals surface area contributed by atoms with Crippen molar-refractivity contribution in [2.45, 2.75) is 21.5 Å². The molecular weight excluding hydrogens is 665 g/mol. The van der Waals surface area contributed by atoms with Crippen molar-refractivity contribution in [1.82, 2.24) is 0 Å². The molecule has 6 aromatic carbocycles. The van der Waals surface area contributed by atoms with Crippen molar-refractivity contribution in [1.29, 1.82) is 0 Å². The first-order valence-electron chi connectivity index (χ1n) is 16.2. The molecule has 0 aliphatic carbocycles. The normalized spacial score (nSPS) is 12.8. The lowest BCUT2D eigenvalue weighted by Crippen LogP contribution is -2.25. The molecule has 0 amide bonds. The molecule has 0 saturated heterocycles. The van der Waals surface area contributed by atoms with E-state index >= 15 is 0 Å². The number of rotatable bonds is 11. The van der Waals surface area contributed by atoms with E-state index in [9.17, 15) is 13.0 Å². The van der Waals surface area contributed by atoms with Gasteiger partial charge in [-0.1, -0.05) is 78.5 Å². The standard InChI is InChI=1S/C41H36N2O5S2/c1-47-34-23-19-32(20-24-34)43(33-21-25-35(48-2)26-22-33)31-17-15-29(16-18-31)36-11-8-13-38-41(36)49-39-14-7-6-12-37(39)42(38)28-27-40(50(44,45)46)30-9-4-3-5-10-30/h3-26,40H,27-28H2,1-2H3,(H,44,45,46). The zero-order chi connectivity index (χ0) is 34.7. The van der Waals surface area contributed by atoms with E-state index in [0.717, 1.165) is 60.9 Å². The van der Waals surface area contributed by atoms with Crippen LogP contribution in [0.15, 0.2) is 155 Å². The predicted octanol–water partition coefficient (Wildman–Crippen LogP) is 10.5. The van der Waals surface area contributed by atoms with Crippen molar-refractivity contribution in [3.8, 4) is 22.6 Å². The number of ether oxygens (including phenoxy) is 2. The highest BCUT2D eigenvalue weighted by atomic mass is 32.2. The summed E-state index contributed by atoms with van der Waals surface area (Å²) in [6, 6.07) is 47.8. The van der Waals surface area contributed by atoms with Gasteiger partial charge in [0.1, 0.15) is 16.7 Å². The summed E-state index contributed by atoms with van der Waals surface area (Å²) in [5.41, 5.74) is 7.68. The van der Waals surface area contributed by atoms with E-state index in [1.165, 1.54) is 0 Å². The van der Waals surface area contributed by atoms with Gasteiger partial charge in [-0.2, -0.15) is 8.42 Å². The number of hydrogen-bond donors (Lipinski definition) is 1. The largest absolute Gasteiger partial charge is 0.497 e. The van der Waals surface area contributed by atoms with Gasteiger partial charge in [0.2, 0.25) is 0 Å². The molecule has 0 fully saturated rings. The first-order chi connectivity index (χ1) is 24.3. The highest BCUT2D eigenvalue weighted by molar-refractivity contribution is 8.00. The summed E-state index contributed by atoms with van der Waals surface area (Å²) in [6.07, 6.45) is 0.215. The fourth-order valence-electron chi connectivity index (χ4n) is 6.42. The molecule has 7 nitrogen and oxygen atoms in total. The molecule has 50 heavy (non-hydrogen) atoms. The third-order valence-electron chi connectivity index (χ3n) is 8.90. The lowest BCUT2D eigenvalue weighted by atomic mass is 10.0. The monoisotopic (exact) mass is 700 g/mol. The maximum absolute atomic E-state index is 12.6. The zero-order valence-electron chi connectivity index (χ0n) is 27.6. The molecule has 0 radical (unpaired) electrons. The Morgan fingerprint density at radius 2 is 1.20 bits per heavy atom. The van der Waals surface area contributed by atoms with Crippen LogP contribution in [-0.4, -0.2) is 33.7 Å². The topological polar surface area (TPSA) is 79.3 Å². The van der Waals surface area contributed by atoms with Gasteiger partial charge in [-0.3, -0.25) is 4.55 Å². The van der Waals surface area contributed by atoms with Gasteiger partial charge in [0.15, 0.2) is 0 Å². The predicted molar refractivity (Wildman–Crippen MR) is 203 cm³/mol. The number of para-hydroxylation sites is 1. The average Bonchev–Trinajstić information content (AvgIpc) is 3.15. The average molecular weight is 701 g/mol. The van der Waals surface area contributed by atoms with Gasteiger partial charge in [0.25, 0.3) is 10.1 Å². The first kappa shape index (κ1) is 33.3. The second-order valence-electron chi connectivity index (χ2n) is 11.9. The quantitative estimate of drug-likeness (QED) is 0.134. The summed E-state index contributed by atoms with van der Waals surface area (Å²) in [4.78, 5) is 6.53. The minimum Gasteiger partial charge on any atom is -0.497 e. The van der Waals surface area contributed by atoms with E-state index in [0.29, 0.717) is 12.1 Å². The Labute approximate surface area is 297 Å². The molecule has 1 N–H and O–H groups in total. The number of nitrogens with zero attached hydrogens (tertiary/aromatic N) is 2. The fraction of sp³-hybridized carbons (Fsp3) is 0.122. The van der Waals surface area contributed by atoms with Crippen LogP contribution in [0.4, 0.5) is 28.4 Å². The van der Waals surface area contributed by atoms with Crippen LogP contribution in [0.1, 0.15) is 17.2 Å². The molecular formula is C41H36N2O5S2. The molecule has 1 heterocycles. The van der Waals surface area contributed by atoms with Gasteiger partial charge in [-0.25, -0.2) is 0 Å². The van der Waals surface area contributed by atoms with Gasteiger partial charge in [-0.05, 0) is 102 Å². The Balaban J connectivity index is 1.24. The Morgan fingerprint density at radius 1 is 0.660 bits per heavy atom. The SMILES string of the molecule is COc1ccc(N(c2ccc(OC)cc2)c2ccc(-c3cccc4c3Sc3ccccc3N4CCC(c3ccccc3)S(=O)(=O)O)cc2)cc1. The maximum atomic E-state index is 12.6. The first-order valence-corrected chi connectivity index (χ1v) is 18.5. The molecule has 1 aliphatic rings. The van der Waals surface area contributed by atoms with Crippen molar-refractivity contribution in [3.63, 3.8) is 0 Å². The zero-order valence-corrected chi connectivity index (χ0v) is 29.3. The smallest absolute Gasteiger partial charge is 0.272 e. The molecule has 1 unspecified atom stereocenters. The highest BCUT2D eigenvalue weighted by Crippen LogP contribution is 2.52. The third kappa shape index (κ3) is 6.80. The molecule has 0 spiro atoms. The van der Waals surface area contributed by atoms with E-state index in [-0.39, 0.29) is 6.42 Å². The fourth-order valence-corrected chi connectivity index (χ4v) is 8.55. The van der Waals surface area contributed by atoms with E-state index in [1.807, 2.05) is 72.8 Å². The minimum atomic E-state index is -4.33. The van der Waals surface area contributed by atoms with E-state index in [2.05, 4.69) is 58.3 Å². The van der Waals surface area contributed by atoms with Crippen LogP contribution in [0.25, 0.3) is 11.1 Å². The molecule has 9 heteroatoms. The molecule has 7 rings (SSSR count). The van der Waals surface area contributed by atoms with E-state index in [1.54, 1.807) is 50.2 Å². The number of anilines is 5. The van der Waals surface area contributed by atoms with Crippen LogP contribution in [-0.2, 0) is 10.1 Å². The summed E-state index contributed by atoms with van der Waals surface area (Å²) in [5.74, 6) is 1.57.